The van der Waals surface area contributed by atoms with Crippen LogP contribution in [0.3, 0.4) is 0 Å². The van der Waals surface area contributed by atoms with Crippen LogP contribution in [-0.4, -0.2) is 15.9 Å². The Labute approximate surface area is 116 Å². The van der Waals surface area contributed by atoms with Gasteiger partial charge in [0, 0.05) is 33.7 Å². The second-order valence-corrected chi connectivity index (χ2v) is 5.73. The lowest BCUT2D eigenvalue weighted by Crippen LogP contribution is -2.23. The standard InChI is InChI=1S/C11H8N2O4S2/c1-6-5-18-11(12-6)19-9-3-2-7(13(16)17)4-8(9)10(14)15/h2-5H,1H3,(H,14,15)/p-1. The fraction of sp³-hybridized carbons (Fsp3) is 0.0909. The van der Waals surface area contributed by atoms with Gasteiger partial charge in [-0.1, -0.05) is 11.8 Å². The smallest absolute Gasteiger partial charge is 0.270 e. The Hall–Kier alpha value is -1.93. The van der Waals surface area contributed by atoms with Crippen molar-refractivity contribution in [2.75, 3.05) is 0 Å². The lowest BCUT2D eigenvalue weighted by Gasteiger charge is -2.08. The van der Waals surface area contributed by atoms with Crippen molar-refractivity contribution in [3.8, 4) is 0 Å². The number of benzene rings is 1. The van der Waals surface area contributed by atoms with E-state index in [2.05, 4.69) is 4.98 Å². The van der Waals surface area contributed by atoms with E-state index in [1.807, 2.05) is 12.3 Å². The molecule has 0 unspecified atom stereocenters. The molecule has 19 heavy (non-hydrogen) atoms. The first-order valence-electron chi connectivity index (χ1n) is 5.07. The molecule has 8 heteroatoms. The molecule has 98 valence electrons. The van der Waals surface area contributed by atoms with Gasteiger partial charge < -0.3 is 9.90 Å². The van der Waals surface area contributed by atoms with Crippen molar-refractivity contribution >= 4 is 34.8 Å². The van der Waals surface area contributed by atoms with Gasteiger partial charge in [0.25, 0.3) is 5.69 Å². The maximum absolute atomic E-state index is 11.0. The highest BCUT2D eigenvalue weighted by atomic mass is 32.2. The molecule has 0 N–H and O–H groups in total. The van der Waals surface area contributed by atoms with E-state index in [1.165, 1.54) is 23.5 Å². The van der Waals surface area contributed by atoms with Crippen LogP contribution in [-0.2, 0) is 0 Å². The summed E-state index contributed by atoms with van der Waals surface area (Å²) in [7, 11) is 0. The summed E-state index contributed by atoms with van der Waals surface area (Å²) in [6, 6.07) is 3.65. The van der Waals surface area contributed by atoms with E-state index in [9.17, 15) is 20.0 Å². The SMILES string of the molecule is Cc1csc(Sc2ccc([N+](=O)[O-])cc2C(=O)[O-])n1. The van der Waals surface area contributed by atoms with Gasteiger partial charge in [-0.2, -0.15) is 0 Å². The number of aromatic nitrogens is 1. The summed E-state index contributed by atoms with van der Waals surface area (Å²) in [6.07, 6.45) is 0. The maximum Gasteiger partial charge on any atom is 0.270 e. The van der Waals surface area contributed by atoms with Crippen LogP contribution in [0.2, 0.25) is 0 Å². The number of nitrogens with zero attached hydrogens (tertiary/aromatic N) is 2. The lowest BCUT2D eigenvalue weighted by atomic mass is 10.2. The van der Waals surface area contributed by atoms with E-state index in [4.69, 9.17) is 0 Å². The Morgan fingerprint density at radius 1 is 1.47 bits per heavy atom. The average molecular weight is 295 g/mol. The molecule has 0 spiro atoms. The maximum atomic E-state index is 11.0. The van der Waals surface area contributed by atoms with Crippen molar-refractivity contribution in [1.29, 1.82) is 0 Å². The minimum absolute atomic E-state index is 0.202. The molecule has 0 fully saturated rings. The Balaban J connectivity index is 2.39. The monoisotopic (exact) mass is 295 g/mol. The minimum Gasteiger partial charge on any atom is -0.545 e. The second-order valence-electron chi connectivity index (χ2n) is 3.58. The molecule has 0 aliphatic carbocycles. The zero-order chi connectivity index (χ0) is 14.0. The first kappa shape index (κ1) is 13.5. The van der Waals surface area contributed by atoms with E-state index in [-0.39, 0.29) is 11.3 Å². The molecule has 1 aromatic heterocycles. The zero-order valence-corrected chi connectivity index (χ0v) is 11.3. The number of rotatable bonds is 4. The second kappa shape index (κ2) is 5.37. The average Bonchev–Trinajstić information content (AvgIpc) is 2.74. The number of thiazole rings is 1. The van der Waals surface area contributed by atoms with Gasteiger partial charge in [0.15, 0.2) is 4.34 Å². The number of aryl methyl sites for hydroxylation is 1. The third kappa shape index (κ3) is 3.09. The number of hydrogen-bond acceptors (Lipinski definition) is 7. The van der Waals surface area contributed by atoms with Crippen LogP contribution >= 0.6 is 23.1 Å². The highest BCUT2D eigenvalue weighted by Crippen LogP contribution is 2.34. The Morgan fingerprint density at radius 3 is 2.74 bits per heavy atom. The number of non-ortho nitro benzene ring substituents is 1. The largest absolute Gasteiger partial charge is 0.545 e. The van der Waals surface area contributed by atoms with Gasteiger partial charge in [0.2, 0.25) is 0 Å². The number of carboxylic acids is 1. The number of carboxylic acid groups (broad SMARTS) is 1. The molecule has 2 aromatic rings. The third-order valence-corrected chi connectivity index (χ3v) is 4.32. The zero-order valence-electron chi connectivity index (χ0n) is 9.65. The summed E-state index contributed by atoms with van der Waals surface area (Å²) in [6.45, 7) is 1.83. The Bertz CT molecular complexity index is 654. The highest BCUT2D eigenvalue weighted by molar-refractivity contribution is 8.01. The van der Waals surface area contributed by atoms with Crippen molar-refractivity contribution in [2.24, 2.45) is 0 Å². The molecular weight excluding hydrogens is 288 g/mol. The first-order chi connectivity index (χ1) is 8.97. The normalized spacial score (nSPS) is 10.4. The molecule has 0 aliphatic rings. The van der Waals surface area contributed by atoms with E-state index < -0.39 is 10.9 Å². The number of carbonyl (C=O) groups excluding carboxylic acids is 1. The van der Waals surface area contributed by atoms with Crippen LogP contribution < -0.4 is 5.11 Å². The molecule has 0 radical (unpaired) electrons. The number of hydrogen-bond donors (Lipinski definition) is 0. The molecule has 0 aliphatic heterocycles. The number of aromatic carboxylic acids is 1. The molecule has 1 aromatic carbocycles. The van der Waals surface area contributed by atoms with Crippen LogP contribution in [0.1, 0.15) is 16.1 Å². The van der Waals surface area contributed by atoms with Crippen molar-refractivity contribution in [1.82, 2.24) is 4.98 Å². The van der Waals surface area contributed by atoms with Crippen molar-refractivity contribution in [2.45, 2.75) is 16.2 Å². The van der Waals surface area contributed by atoms with Gasteiger partial charge >= 0.3 is 0 Å². The van der Waals surface area contributed by atoms with Crippen LogP contribution in [0, 0.1) is 17.0 Å². The molecule has 2 rings (SSSR count). The highest BCUT2D eigenvalue weighted by Gasteiger charge is 2.13. The van der Waals surface area contributed by atoms with Gasteiger partial charge in [0.05, 0.1) is 10.9 Å². The van der Waals surface area contributed by atoms with Gasteiger partial charge in [-0.05, 0) is 13.0 Å². The molecule has 6 nitrogen and oxygen atoms in total. The fourth-order valence-corrected chi connectivity index (χ4v) is 3.25. The van der Waals surface area contributed by atoms with Gasteiger partial charge in [-0.15, -0.1) is 11.3 Å². The van der Waals surface area contributed by atoms with Gasteiger partial charge in [0.1, 0.15) is 0 Å². The Kier molecular flexibility index (Phi) is 3.82. The summed E-state index contributed by atoms with van der Waals surface area (Å²) in [5, 5.41) is 23.5. The van der Waals surface area contributed by atoms with E-state index in [0.29, 0.717) is 9.24 Å². The van der Waals surface area contributed by atoms with Crippen LogP contribution in [0.15, 0.2) is 32.8 Å². The van der Waals surface area contributed by atoms with Crippen LogP contribution in [0.4, 0.5) is 5.69 Å². The summed E-state index contributed by atoms with van der Waals surface area (Å²) < 4.78 is 0.675. The molecule has 0 bridgehead atoms. The lowest BCUT2D eigenvalue weighted by molar-refractivity contribution is -0.385. The first-order valence-corrected chi connectivity index (χ1v) is 6.77. The molecule has 1 heterocycles. The summed E-state index contributed by atoms with van der Waals surface area (Å²) >= 11 is 2.53. The quantitative estimate of drug-likeness (QED) is 0.631. The Morgan fingerprint density at radius 2 is 2.21 bits per heavy atom. The summed E-state index contributed by atoms with van der Waals surface area (Å²) in [5.41, 5.74) is 0.357. The van der Waals surface area contributed by atoms with Crippen molar-refractivity contribution < 1.29 is 14.8 Å². The predicted octanol–water partition coefficient (Wildman–Crippen LogP) is 1.87. The van der Waals surface area contributed by atoms with E-state index in [1.54, 1.807) is 0 Å². The number of nitro benzene ring substituents is 1. The number of carbonyl (C=O) groups is 1. The minimum atomic E-state index is -1.44. The molecule has 0 amide bonds. The summed E-state index contributed by atoms with van der Waals surface area (Å²) in [5.74, 6) is -1.44. The topological polar surface area (TPSA) is 96.2 Å². The van der Waals surface area contributed by atoms with E-state index in [0.717, 1.165) is 23.5 Å². The van der Waals surface area contributed by atoms with Crippen LogP contribution in [0.25, 0.3) is 0 Å². The molecule has 0 saturated carbocycles. The van der Waals surface area contributed by atoms with E-state index >= 15 is 0 Å². The van der Waals surface area contributed by atoms with Crippen molar-refractivity contribution in [3.05, 3.63) is 45.0 Å². The van der Waals surface area contributed by atoms with Gasteiger partial charge in [-0.25, -0.2) is 4.98 Å². The van der Waals surface area contributed by atoms with Crippen LogP contribution in [0.5, 0.6) is 0 Å². The molecule has 0 atom stereocenters. The summed E-state index contributed by atoms with van der Waals surface area (Å²) in [4.78, 5) is 25.6. The molecular formula is C11H7N2O4S2-. The van der Waals surface area contributed by atoms with Crippen molar-refractivity contribution in [3.63, 3.8) is 0 Å². The molecule has 0 saturated heterocycles. The number of nitro groups is 1. The predicted molar refractivity (Wildman–Crippen MR) is 68.4 cm³/mol. The fourth-order valence-electron chi connectivity index (χ4n) is 1.35. The van der Waals surface area contributed by atoms with Gasteiger partial charge in [-0.3, -0.25) is 10.1 Å². The third-order valence-electron chi connectivity index (χ3n) is 2.19.